The normalized spacial score (nSPS) is 15.7. The summed E-state index contributed by atoms with van der Waals surface area (Å²) >= 11 is 6.24. The van der Waals surface area contributed by atoms with Gasteiger partial charge in [0, 0.05) is 11.6 Å². The fourth-order valence-electron chi connectivity index (χ4n) is 2.82. The lowest BCUT2D eigenvalue weighted by Gasteiger charge is -2.16. The van der Waals surface area contributed by atoms with Crippen LogP contribution < -0.4 is 19.1 Å². The van der Waals surface area contributed by atoms with Crippen molar-refractivity contribution in [2.75, 3.05) is 26.2 Å². The second kappa shape index (κ2) is 8.57. The van der Waals surface area contributed by atoms with Gasteiger partial charge in [0.05, 0.1) is 37.5 Å². The molecule has 1 saturated heterocycles. The predicted molar refractivity (Wildman–Crippen MR) is 113 cm³/mol. The average Bonchev–Trinajstić information content (AvgIpc) is 3.00. The lowest BCUT2D eigenvalue weighted by atomic mass is 10.1. The summed E-state index contributed by atoms with van der Waals surface area (Å²) < 4.78 is 55.1. The van der Waals surface area contributed by atoms with Gasteiger partial charge < -0.3 is 14.2 Å². The van der Waals surface area contributed by atoms with Crippen molar-refractivity contribution < 1.29 is 32.2 Å². The lowest BCUT2D eigenvalue weighted by molar-refractivity contribution is -0.137. The maximum Gasteiger partial charge on any atom is 0.416 e. The lowest BCUT2D eigenvalue weighted by Crippen LogP contribution is -2.27. The van der Waals surface area contributed by atoms with Gasteiger partial charge in [-0.3, -0.25) is 9.69 Å². The molecule has 2 aromatic carbocycles. The van der Waals surface area contributed by atoms with E-state index < -0.39 is 17.6 Å². The molecule has 0 unspecified atom stereocenters. The van der Waals surface area contributed by atoms with Crippen LogP contribution in [-0.4, -0.2) is 31.6 Å². The molecule has 2 aromatic rings. The molecule has 1 heterocycles. The minimum atomic E-state index is -4.53. The molecule has 0 N–H and O–H groups in total. The molecule has 0 spiro atoms. The zero-order chi connectivity index (χ0) is 22.1. The zero-order valence-electron chi connectivity index (χ0n) is 16.1. The standard InChI is InChI=1S/C20H16F3NO4S2/c1-26-14-10-16(28-3)15(27-2)7-11(14)8-17-18(25)24(19(29)30-17)13-6-4-5-12(9-13)20(21,22)23/h4-10H,1-3H3/b17-8-. The topological polar surface area (TPSA) is 48.0 Å². The summed E-state index contributed by atoms with van der Waals surface area (Å²) in [7, 11) is 4.42. The van der Waals surface area contributed by atoms with Crippen LogP contribution in [0, 0.1) is 0 Å². The third kappa shape index (κ3) is 4.24. The molecular weight excluding hydrogens is 439 g/mol. The number of anilines is 1. The first-order chi connectivity index (χ1) is 14.2. The Morgan fingerprint density at radius 2 is 1.63 bits per heavy atom. The second-order valence-corrected chi connectivity index (χ2v) is 7.69. The van der Waals surface area contributed by atoms with Gasteiger partial charge in [0.1, 0.15) is 5.75 Å². The molecule has 1 fully saturated rings. The highest BCUT2D eigenvalue weighted by Gasteiger charge is 2.36. The second-order valence-electron chi connectivity index (χ2n) is 6.01. The van der Waals surface area contributed by atoms with Crippen LogP contribution in [0.1, 0.15) is 11.1 Å². The van der Waals surface area contributed by atoms with Gasteiger partial charge in [0.2, 0.25) is 0 Å². The number of hydrogen-bond acceptors (Lipinski definition) is 6. The molecule has 0 radical (unpaired) electrons. The monoisotopic (exact) mass is 455 g/mol. The van der Waals surface area contributed by atoms with Crippen LogP contribution in [0.2, 0.25) is 0 Å². The van der Waals surface area contributed by atoms with E-state index in [0.29, 0.717) is 22.8 Å². The molecule has 1 aliphatic rings. The van der Waals surface area contributed by atoms with Crippen LogP contribution in [-0.2, 0) is 11.0 Å². The Morgan fingerprint density at radius 3 is 2.23 bits per heavy atom. The molecule has 0 atom stereocenters. The number of thioether (sulfide) groups is 1. The summed E-state index contributed by atoms with van der Waals surface area (Å²) in [5.74, 6) is 0.777. The average molecular weight is 455 g/mol. The number of carbonyl (C=O) groups is 1. The van der Waals surface area contributed by atoms with Crippen LogP contribution in [0.5, 0.6) is 17.2 Å². The number of hydrogen-bond donors (Lipinski definition) is 0. The molecule has 0 bridgehead atoms. The first-order valence-corrected chi connectivity index (χ1v) is 9.67. The largest absolute Gasteiger partial charge is 0.496 e. The summed E-state index contributed by atoms with van der Waals surface area (Å²) in [6.07, 6.45) is -2.98. The SMILES string of the molecule is COc1cc(OC)c(OC)cc1/C=C1\SC(=S)N(c2cccc(C(F)(F)F)c2)C1=O. The summed E-state index contributed by atoms with van der Waals surface area (Å²) in [5, 5.41) is 0. The molecule has 0 aromatic heterocycles. The maximum absolute atomic E-state index is 13.0. The Morgan fingerprint density at radius 1 is 1.00 bits per heavy atom. The fourth-order valence-corrected chi connectivity index (χ4v) is 4.11. The van der Waals surface area contributed by atoms with Crippen molar-refractivity contribution in [2.45, 2.75) is 6.18 Å². The molecule has 3 rings (SSSR count). The highest BCUT2D eigenvalue weighted by Crippen LogP contribution is 2.41. The fraction of sp³-hybridized carbons (Fsp3) is 0.200. The quantitative estimate of drug-likeness (QED) is 0.460. The van der Waals surface area contributed by atoms with E-state index in [1.54, 1.807) is 18.2 Å². The number of nitrogens with zero attached hydrogens (tertiary/aromatic N) is 1. The van der Waals surface area contributed by atoms with Crippen molar-refractivity contribution in [3.05, 3.63) is 52.4 Å². The molecule has 1 amide bonds. The Labute approximate surface area is 180 Å². The minimum absolute atomic E-state index is 0.0509. The number of amides is 1. The number of halogens is 3. The molecule has 10 heteroatoms. The van der Waals surface area contributed by atoms with E-state index in [9.17, 15) is 18.0 Å². The Kier molecular flexibility index (Phi) is 6.27. The molecule has 158 valence electrons. The van der Waals surface area contributed by atoms with E-state index >= 15 is 0 Å². The van der Waals surface area contributed by atoms with Gasteiger partial charge in [0.15, 0.2) is 15.8 Å². The number of alkyl halides is 3. The Balaban J connectivity index is 2.00. The number of ether oxygens (including phenoxy) is 3. The van der Waals surface area contributed by atoms with Crippen molar-refractivity contribution in [3.8, 4) is 17.2 Å². The van der Waals surface area contributed by atoms with E-state index in [4.69, 9.17) is 26.4 Å². The molecular formula is C20H16F3NO4S2. The first kappa shape index (κ1) is 22.0. The van der Waals surface area contributed by atoms with Crippen LogP contribution in [0.15, 0.2) is 41.3 Å². The van der Waals surface area contributed by atoms with Crippen molar-refractivity contribution >= 4 is 46.0 Å². The van der Waals surface area contributed by atoms with Crippen LogP contribution in [0.3, 0.4) is 0 Å². The smallest absolute Gasteiger partial charge is 0.416 e. The molecule has 0 saturated carbocycles. The van der Waals surface area contributed by atoms with Gasteiger partial charge in [-0.05, 0) is 30.3 Å². The molecule has 5 nitrogen and oxygen atoms in total. The maximum atomic E-state index is 13.0. The van der Waals surface area contributed by atoms with Crippen LogP contribution >= 0.6 is 24.0 Å². The number of carbonyl (C=O) groups excluding carboxylic acids is 1. The number of methoxy groups -OCH3 is 3. The van der Waals surface area contributed by atoms with Gasteiger partial charge in [0.25, 0.3) is 5.91 Å². The van der Waals surface area contributed by atoms with Crippen molar-refractivity contribution in [2.24, 2.45) is 0 Å². The summed E-state index contributed by atoms with van der Waals surface area (Å²) in [5.41, 5.74) is -0.283. The third-order valence-corrected chi connectivity index (χ3v) is 5.55. The number of rotatable bonds is 5. The van der Waals surface area contributed by atoms with E-state index in [1.807, 2.05) is 0 Å². The van der Waals surface area contributed by atoms with Gasteiger partial charge in [-0.15, -0.1) is 0 Å². The predicted octanol–water partition coefficient (Wildman–Crippen LogP) is 5.14. The summed E-state index contributed by atoms with van der Waals surface area (Å²) in [4.78, 5) is 14.2. The van der Waals surface area contributed by atoms with E-state index in [-0.39, 0.29) is 14.9 Å². The van der Waals surface area contributed by atoms with Crippen LogP contribution in [0.4, 0.5) is 18.9 Å². The third-order valence-electron chi connectivity index (χ3n) is 4.25. The van der Waals surface area contributed by atoms with Crippen molar-refractivity contribution in [1.29, 1.82) is 0 Å². The summed E-state index contributed by atoms with van der Waals surface area (Å²) in [6.45, 7) is 0. The highest BCUT2D eigenvalue weighted by molar-refractivity contribution is 8.27. The van der Waals surface area contributed by atoms with Crippen molar-refractivity contribution in [3.63, 3.8) is 0 Å². The van der Waals surface area contributed by atoms with Crippen molar-refractivity contribution in [1.82, 2.24) is 0 Å². The van der Waals surface area contributed by atoms with Gasteiger partial charge >= 0.3 is 6.18 Å². The van der Waals surface area contributed by atoms with Gasteiger partial charge in [-0.25, -0.2) is 0 Å². The molecule has 0 aliphatic carbocycles. The van der Waals surface area contributed by atoms with Crippen LogP contribution in [0.25, 0.3) is 6.08 Å². The van der Waals surface area contributed by atoms with E-state index in [0.717, 1.165) is 28.8 Å². The van der Waals surface area contributed by atoms with E-state index in [1.165, 1.54) is 33.5 Å². The molecule has 30 heavy (non-hydrogen) atoms. The molecule has 1 aliphatic heterocycles. The van der Waals surface area contributed by atoms with E-state index in [2.05, 4.69) is 0 Å². The Bertz CT molecular complexity index is 1040. The highest BCUT2D eigenvalue weighted by atomic mass is 32.2. The first-order valence-electron chi connectivity index (χ1n) is 8.44. The minimum Gasteiger partial charge on any atom is -0.496 e. The van der Waals surface area contributed by atoms with Gasteiger partial charge in [-0.1, -0.05) is 30.0 Å². The Hall–Kier alpha value is -2.72. The number of thiocarbonyl (C=S) groups is 1. The summed E-state index contributed by atoms with van der Waals surface area (Å²) in [6, 6.07) is 7.71. The number of benzene rings is 2. The van der Waals surface area contributed by atoms with Gasteiger partial charge in [-0.2, -0.15) is 13.2 Å². The zero-order valence-corrected chi connectivity index (χ0v) is 17.7.